The minimum atomic E-state index is -0.359. The second kappa shape index (κ2) is 6.39. The summed E-state index contributed by atoms with van der Waals surface area (Å²) < 4.78 is 5.33. The van der Waals surface area contributed by atoms with Crippen LogP contribution in [-0.4, -0.2) is 41.0 Å². The third-order valence-electron chi connectivity index (χ3n) is 6.10. The molecular formula is C22H28N2O3. The summed E-state index contributed by atoms with van der Waals surface area (Å²) in [6.07, 6.45) is 5.23. The average Bonchev–Trinajstić information content (AvgIpc) is 3.10. The third-order valence-corrected chi connectivity index (χ3v) is 6.10. The van der Waals surface area contributed by atoms with Crippen LogP contribution in [0.3, 0.4) is 0 Å². The molecule has 1 aromatic heterocycles. The number of H-pyrrole nitrogens is 1. The number of ether oxygens (including phenoxy) is 1. The Morgan fingerprint density at radius 2 is 2.00 bits per heavy atom. The molecule has 1 saturated heterocycles. The van der Waals surface area contributed by atoms with Gasteiger partial charge in [-0.05, 0) is 41.7 Å². The number of aromatic amines is 1. The Morgan fingerprint density at radius 3 is 2.81 bits per heavy atom. The van der Waals surface area contributed by atoms with E-state index in [9.17, 15) is 9.59 Å². The van der Waals surface area contributed by atoms with Crippen LogP contribution in [-0.2, 0) is 20.7 Å². The van der Waals surface area contributed by atoms with Gasteiger partial charge < -0.3 is 14.6 Å². The Kier molecular flexibility index (Phi) is 4.28. The maximum Gasteiger partial charge on any atom is 0.310 e. The molecule has 1 aliphatic heterocycles. The van der Waals surface area contributed by atoms with Crippen molar-refractivity contribution in [3.8, 4) is 0 Å². The van der Waals surface area contributed by atoms with Crippen LogP contribution in [0, 0.1) is 10.8 Å². The van der Waals surface area contributed by atoms with Crippen molar-refractivity contribution < 1.29 is 14.3 Å². The molecule has 0 spiro atoms. The van der Waals surface area contributed by atoms with Gasteiger partial charge in [0.15, 0.2) is 6.61 Å². The number of esters is 1. The SMILES string of the molecule is CC1(C)C[C@H]2C[C@@](C)(CN2C(=O)COC(=O)Cc2c[nH]c3ccccc23)C1. The number of amides is 1. The minimum absolute atomic E-state index is 0.0614. The monoisotopic (exact) mass is 368 g/mol. The van der Waals surface area contributed by atoms with Crippen LogP contribution >= 0.6 is 0 Å². The highest BCUT2D eigenvalue weighted by molar-refractivity contribution is 5.88. The summed E-state index contributed by atoms with van der Waals surface area (Å²) in [4.78, 5) is 30.1. The van der Waals surface area contributed by atoms with Crippen molar-refractivity contribution >= 4 is 22.8 Å². The van der Waals surface area contributed by atoms with Crippen molar-refractivity contribution in [1.29, 1.82) is 0 Å². The molecule has 2 bridgehead atoms. The molecule has 5 nitrogen and oxygen atoms in total. The number of likely N-dealkylation sites (tertiary alicyclic amines) is 1. The van der Waals surface area contributed by atoms with E-state index in [1.807, 2.05) is 35.4 Å². The van der Waals surface area contributed by atoms with Crippen LogP contribution in [0.1, 0.15) is 45.6 Å². The normalized spacial score (nSPS) is 26.3. The Balaban J connectivity index is 1.35. The van der Waals surface area contributed by atoms with Gasteiger partial charge >= 0.3 is 5.97 Å². The molecule has 2 fully saturated rings. The number of nitrogens with one attached hydrogen (secondary N) is 1. The number of carbonyl (C=O) groups excluding carboxylic acids is 2. The molecule has 0 unspecified atom stereocenters. The molecule has 1 amide bonds. The summed E-state index contributed by atoms with van der Waals surface area (Å²) in [5.41, 5.74) is 2.35. The lowest BCUT2D eigenvalue weighted by molar-refractivity contribution is -0.152. The zero-order valence-electron chi connectivity index (χ0n) is 16.4. The maximum atomic E-state index is 12.7. The molecule has 0 radical (unpaired) electrons. The highest BCUT2D eigenvalue weighted by atomic mass is 16.5. The number of rotatable bonds is 4. The number of para-hydroxylation sites is 1. The fraction of sp³-hybridized carbons (Fsp3) is 0.545. The minimum Gasteiger partial charge on any atom is -0.455 e. The lowest BCUT2D eigenvalue weighted by atomic mass is 9.65. The summed E-state index contributed by atoms with van der Waals surface area (Å²) in [5, 5.41) is 1.02. The molecule has 1 saturated carbocycles. The lowest BCUT2D eigenvalue weighted by Gasteiger charge is -2.39. The van der Waals surface area contributed by atoms with Gasteiger partial charge in [0.2, 0.25) is 0 Å². The van der Waals surface area contributed by atoms with E-state index in [4.69, 9.17) is 4.74 Å². The molecular weight excluding hydrogens is 340 g/mol. The van der Waals surface area contributed by atoms with Gasteiger partial charge in [0, 0.05) is 29.7 Å². The fourth-order valence-corrected chi connectivity index (χ4v) is 5.46. The number of aromatic nitrogens is 1. The zero-order chi connectivity index (χ0) is 19.2. The molecule has 1 aromatic carbocycles. The van der Waals surface area contributed by atoms with Crippen molar-refractivity contribution in [2.24, 2.45) is 10.8 Å². The lowest BCUT2D eigenvalue weighted by Crippen LogP contribution is -2.39. The summed E-state index contributed by atoms with van der Waals surface area (Å²) >= 11 is 0. The Hall–Kier alpha value is -2.30. The van der Waals surface area contributed by atoms with E-state index >= 15 is 0 Å². The second-order valence-corrected chi connectivity index (χ2v) is 9.43. The predicted octanol–water partition coefficient (Wildman–Crippen LogP) is 3.68. The molecule has 27 heavy (non-hydrogen) atoms. The number of fused-ring (bicyclic) bond motifs is 3. The van der Waals surface area contributed by atoms with Crippen LogP contribution in [0.25, 0.3) is 10.9 Å². The quantitative estimate of drug-likeness (QED) is 0.838. The average molecular weight is 368 g/mol. The maximum absolute atomic E-state index is 12.7. The van der Waals surface area contributed by atoms with Gasteiger partial charge in [-0.1, -0.05) is 39.0 Å². The Bertz CT molecular complexity index is 885. The van der Waals surface area contributed by atoms with Crippen LogP contribution in [0.2, 0.25) is 0 Å². The fourth-order valence-electron chi connectivity index (χ4n) is 5.46. The predicted molar refractivity (Wildman–Crippen MR) is 104 cm³/mol. The first-order chi connectivity index (χ1) is 12.7. The number of nitrogens with zero attached hydrogens (tertiary/aromatic N) is 1. The van der Waals surface area contributed by atoms with E-state index in [-0.39, 0.29) is 41.8 Å². The summed E-state index contributed by atoms with van der Waals surface area (Å²) in [6, 6.07) is 8.13. The van der Waals surface area contributed by atoms with Gasteiger partial charge in [-0.2, -0.15) is 0 Å². The third kappa shape index (κ3) is 3.60. The second-order valence-electron chi connectivity index (χ2n) is 9.43. The van der Waals surface area contributed by atoms with Gasteiger partial charge in [0.25, 0.3) is 5.91 Å². The zero-order valence-corrected chi connectivity index (χ0v) is 16.4. The van der Waals surface area contributed by atoms with Crippen molar-refractivity contribution in [2.75, 3.05) is 13.2 Å². The molecule has 2 aromatic rings. The van der Waals surface area contributed by atoms with E-state index in [0.717, 1.165) is 42.3 Å². The molecule has 2 aliphatic rings. The summed E-state index contributed by atoms with van der Waals surface area (Å²) in [6.45, 7) is 7.46. The van der Waals surface area contributed by atoms with Crippen LogP contribution < -0.4 is 0 Å². The van der Waals surface area contributed by atoms with Gasteiger partial charge in [-0.3, -0.25) is 9.59 Å². The molecule has 2 atom stereocenters. The smallest absolute Gasteiger partial charge is 0.310 e. The summed E-state index contributed by atoms with van der Waals surface area (Å²) in [7, 11) is 0. The molecule has 1 aliphatic carbocycles. The standard InChI is InChI=1S/C22H28N2O3/c1-21(2)9-16-10-22(3,13-21)14-24(16)19(25)12-27-20(26)8-15-11-23-18-7-5-4-6-17(15)18/h4-7,11,16,23H,8-10,12-14H2,1-3H3/t16-,22+/m0/s1. The van der Waals surface area contributed by atoms with Gasteiger partial charge in [-0.15, -0.1) is 0 Å². The summed E-state index contributed by atoms with van der Waals surface area (Å²) in [5.74, 6) is -0.421. The largest absolute Gasteiger partial charge is 0.455 e. The van der Waals surface area contributed by atoms with E-state index < -0.39 is 0 Å². The van der Waals surface area contributed by atoms with Crippen molar-refractivity contribution in [3.05, 3.63) is 36.0 Å². The highest BCUT2D eigenvalue weighted by Crippen LogP contribution is 2.52. The van der Waals surface area contributed by atoms with E-state index in [1.165, 1.54) is 0 Å². The highest BCUT2D eigenvalue weighted by Gasteiger charge is 2.50. The van der Waals surface area contributed by atoms with E-state index in [2.05, 4.69) is 25.8 Å². The van der Waals surface area contributed by atoms with Gasteiger partial charge in [-0.25, -0.2) is 0 Å². The molecule has 5 heteroatoms. The first kappa shape index (κ1) is 18.1. The van der Waals surface area contributed by atoms with Crippen molar-refractivity contribution in [1.82, 2.24) is 9.88 Å². The molecule has 2 heterocycles. The Morgan fingerprint density at radius 1 is 1.22 bits per heavy atom. The van der Waals surface area contributed by atoms with Crippen LogP contribution in [0.4, 0.5) is 0 Å². The topological polar surface area (TPSA) is 62.4 Å². The number of hydrogen-bond acceptors (Lipinski definition) is 3. The number of carbonyl (C=O) groups is 2. The number of hydrogen-bond donors (Lipinski definition) is 1. The van der Waals surface area contributed by atoms with Crippen molar-refractivity contribution in [2.45, 2.75) is 52.5 Å². The van der Waals surface area contributed by atoms with Gasteiger partial charge in [0.1, 0.15) is 0 Å². The first-order valence-corrected chi connectivity index (χ1v) is 9.75. The van der Waals surface area contributed by atoms with Crippen LogP contribution in [0.15, 0.2) is 30.5 Å². The number of benzene rings is 1. The van der Waals surface area contributed by atoms with Crippen LogP contribution in [0.5, 0.6) is 0 Å². The van der Waals surface area contributed by atoms with E-state index in [0.29, 0.717) is 0 Å². The van der Waals surface area contributed by atoms with E-state index in [1.54, 1.807) is 0 Å². The molecule has 1 N–H and O–H groups in total. The van der Waals surface area contributed by atoms with Crippen molar-refractivity contribution in [3.63, 3.8) is 0 Å². The first-order valence-electron chi connectivity index (χ1n) is 9.75. The Labute approximate surface area is 160 Å². The van der Waals surface area contributed by atoms with Gasteiger partial charge in [0.05, 0.1) is 6.42 Å². The molecule has 144 valence electrons. The molecule has 4 rings (SSSR count).